The zero-order valence-corrected chi connectivity index (χ0v) is 10.2. The summed E-state index contributed by atoms with van der Waals surface area (Å²) < 4.78 is 22.5. The fourth-order valence-electron chi connectivity index (χ4n) is 1.12. The smallest absolute Gasteiger partial charge is 0.217 e. The maximum atomic E-state index is 11.3. The highest BCUT2D eigenvalue weighted by molar-refractivity contribution is 7.90. The van der Waals surface area contributed by atoms with E-state index in [2.05, 4.69) is 4.98 Å². The lowest BCUT2D eigenvalue weighted by Crippen LogP contribution is -2.11. The Bertz CT molecular complexity index is 513. The van der Waals surface area contributed by atoms with Crippen molar-refractivity contribution >= 4 is 27.3 Å². The molecule has 0 aliphatic carbocycles. The van der Waals surface area contributed by atoms with Gasteiger partial charge in [-0.25, -0.2) is 13.4 Å². The van der Waals surface area contributed by atoms with Gasteiger partial charge >= 0.3 is 0 Å². The molecule has 1 heterocycles. The number of pyridine rings is 1. The maximum absolute atomic E-state index is 11.3. The van der Waals surface area contributed by atoms with Gasteiger partial charge in [0.05, 0.1) is 0 Å². The van der Waals surface area contributed by atoms with Crippen LogP contribution in [0.2, 0.25) is 5.15 Å². The lowest BCUT2D eigenvalue weighted by Gasteiger charge is -2.03. The molecule has 0 atom stereocenters. The van der Waals surface area contributed by atoms with E-state index in [1.807, 2.05) is 0 Å². The van der Waals surface area contributed by atoms with E-state index in [4.69, 9.17) is 17.3 Å². The molecule has 0 bridgehead atoms. The number of carbonyl (C=O) groups is 1. The third-order valence-corrected chi connectivity index (χ3v) is 3.03. The van der Waals surface area contributed by atoms with Crippen LogP contribution in [-0.4, -0.2) is 25.6 Å². The van der Waals surface area contributed by atoms with Crippen LogP contribution in [-0.2, 0) is 21.1 Å². The Morgan fingerprint density at radius 1 is 1.50 bits per heavy atom. The average Bonchev–Trinajstić information content (AvgIpc) is 2.12. The number of halogens is 1. The first kappa shape index (κ1) is 12.9. The summed E-state index contributed by atoms with van der Waals surface area (Å²) in [7, 11) is -3.40. The van der Waals surface area contributed by atoms with Crippen molar-refractivity contribution < 1.29 is 13.2 Å². The SMILES string of the molecule is CS(=O)(=O)c1cc(CCC(N)=O)cc(Cl)n1. The quantitative estimate of drug-likeness (QED) is 0.803. The fraction of sp³-hybridized carbons (Fsp3) is 0.333. The molecule has 7 heteroatoms. The topological polar surface area (TPSA) is 90.1 Å². The summed E-state index contributed by atoms with van der Waals surface area (Å²) in [6.07, 6.45) is 1.53. The molecule has 0 saturated carbocycles. The van der Waals surface area contributed by atoms with Gasteiger partial charge in [-0.05, 0) is 24.1 Å². The Morgan fingerprint density at radius 3 is 2.62 bits per heavy atom. The summed E-state index contributed by atoms with van der Waals surface area (Å²) in [5.74, 6) is -0.450. The number of aromatic nitrogens is 1. The minimum Gasteiger partial charge on any atom is -0.370 e. The number of nitrogens with zero attached hydrogens (tertiary/aromatic N) is 1. The van der Waals surface area contributed by atoms with Gasteiger partial charge in [0.1, 0.15) is 5.15 Å². The van der Waals surface area contributed by atoms with Gasteiger partial charge in [0.25, 0.3) is 0 Å². The number of hydrogen-bond donors (Lipinski definition) is 1. The second kappa shape index (κ2) is 4.80. The van der Waals surface area contributed by atoms with Crippen LogP contribution in [0.3, 0.4) is 0 Å². The molecule has 16 heavy (non-hydrogen) atoms. The minimum absolute atomic E-state index is 0.0856. The van der Waals surface area contributed by atoms with E-state index in [0.717, 1.165) is 6.26 Å². The molecule has 0 aliphatic rings. The van der Waals surface area contributed by atoms with Crippen LogP contribution in [0.25, 0.3) is 0 Å². The molecule has 0 radical (unpaired) electrons. The van der Waals surface area contributed by atoms with Crippen molar-refractivity contribution in [3.8, 4) is 0 Å². The first-order chi connectivity index (χ1) is 7.29. The molecule has 88 valence electrons. The summed E-state index contributed by atoms with van der Waals surface area (Å²) in [6.45, 7) is 0. The van der Waals surface area contributed by atoms with Crippen molar-refractivity contribution in [2.75, 3.05) is 6.26 Å². The predicted octanol–water partition coefficient (Wildman–Crippen LogP) is 0.556. The highest BCUT2D eigenvalue weighted by Crippen LogP contribution is 2.15. The van der Waals surface area contributed by atoms with Crippen LogP contribution in [0.1, 0.15) is 12.0 Å². The van der Waals surface area contributed by atoms with E-state index < -0.39 is 15.7 Å². The summed E-state index contributed by atoms with van der Waals surface area (Å²) in [4.78, 5) is 14.3. The van der Waals surface area contributed by atoms with Gasteiger partial charge in [-0.3, -0.25) is 4.79 Å². The summed E-state index contributed by atoms with van der Waals surface area (Å²) in [5.41, 5.74) is 5.62. The Labute approximate surface area is 98.5 Å². The first-order valence-electron chi connectivity index (χ1n) is 4.44. The molecular formula is C9H11ClN2O3S. The summed E-state index contributed by atoms with van der Waals surface area (Å²) in [6, 6.07) is 2.91. The molecule has 5 nitrogen and oxygen atoms in total. The normalized spacial score (nSPS) is 11.4. The Hall–Kier alpha value is -1.14. The van der Waals surface area contributed by atoms with Crippen molar-refractivity contribution in [1.29, 1.82) is 0 Å². The molecule has 0 spiro atoms. The molecule has 1 aromatic rings. The Morgan fingerprint density at radius 2 is 2.12 bits per heavy atom. The first-order valence-corrected chi connectivity index (χ1v) is 6.71. The molecule has 2 N–H and O–H groups in total. The van der Waals surface area contributed by atoms with Gasteiger partial charge in [-0.2, -0.15) is 0 Å². The van der Waals surface area contributed by atoms with E-state index in [9.17, 15) is 13.2 Å². The van der Waals surface area contributed by atoms with Gasteiger partial charge < -0.3 is 5.73 Å². The van der Waals surface area contributed by atoms with Crippen molar-refractivity contribution in [1.82, 2.24) is 4.98 Å². The van der Waals surface area contributed by atoms with Crippen LogP contribution < -0.4 is 5.73 Å². The molecule has 0 aromatic carbocycles. The zero-order chi connectivity index (χ0) is 12.3. The highest BCUT2D eigenvalue weighted by atomic mass is 35.5. The molecule has 1 rings (SSSR count). The van der Waals surface area contributed by atoms with Gasteiger partial charge in [0.2, 0.25) is 5.91 Å². The van der Waals surface area contributed by atoms with Crippen molar-refractivity contribution in [3.05, 3.63) is 22.8 Å². The minimum atomic E-state index is -3.40. The van der Waals surface area contributed by atoms with Crippen LogP contribution in [0.5, 0.6) is 0 Å². The molecule has 0 unspecified atom stereocenters. The van der Waals surface area contributed by atoms with E-state index in [1.54, 1.807) is 0 Å². The zero-order valence-electron chi connectivity index (χ0n) is 8.60. The van der Waals surface area contributed by atoms with Gasteiger partial charge in [-0.15, -0.1) is 0 Å². The van der Waals surface area contributed by atoms with Crippen LogP contribution in [0.15, 0.2) is 17.2 Å². The van der Waals surface area contributed by atoms with E-state index >= 15 is 0 Å². The number of hydrogen-bond acceptors (Lipinski definition) is 4. The number of carbonyl (C=O) groups excluding carboxylic acids is 1. The van der Waals surface area contributed by atoms with Gasteiger partial charge in [0, 0.05) is 12.7 Å². The van der Waals surface area contributed by atoms with Gasteiger partial charge in [-0.1, -0.05) is 11.6 Å². The largest absolute Gasteiger partial charge is 0.370 e. The van der Waals surface area contributed by atoms with Crippen molar-refractivity contribution in [2.45, 2.75) is 17.9 Å². The van der Waals surface area contributed by atoms with Gasteiger partial charge in [0.15, 0.2) is 14.9 Å². The summed E-state index contributed by atoms with van der Waals surface area (Å²) in [5, 5.41) is -0.0122. The van der Waals surface area contributed by atoms with Crippen LogP contribution in [0, 0.1) is 0 Å². The predicted molar refractivity (Wildman–Crippen MR) is 59.9 cm³/mol. The number of amides is 1. The average molecular weight is 263 g/mol. The number of primary amides is 1. The molecule has 0 aliphatic heterocycles. The molecule has 0 fully saturated rings. The lowest BCUT2D eigenvalue weighted by atomic mass is 10.1. The van der Waals surface area contributed by atoms with Crippen LogP contribution in [0.4, 0.5) is 0 Å². The summed E-state index contributed by atoms with van der Waals surface area (Å²) >= 11 is 5.68. The molecule has 1 aromatic heterocycles. The standard InChI is InChI=1S/C9H11ClN2O3S/c1-16(14,15)9-5-6(2-3-8(11)13)4-7(10)12-9/h4-5H,2-3H2,1H3,(H2,11,13). The number of sulfone groups is 1. The molecular weight excluding hydrogens is 252 g/mol. The third-order valence-electron chi connectivity index (χ3n) is 1.87. The van der Waals surface area contributed by atoms with E-state index in [0.29, 0.717) is 12.0 Å². The molecule has 1 amide bonds. The maximum Gasteiger partial charge on any atom is 0.217 e. The lowest BCUT2D eigenvalue weighted by molar-refractivity contribution is -0.117. The second-order valence-electron chi connectivity index (χ2n) is 3.37. The third kappa shape index (κ3) is 3.79. The highest BCUT2D eigenvalue weighted by Gasteiger charge is 2.11. The fourth-order valence-corrected chi connectivity index (χ4v) is 2.04. The second-order valence-corrected chi connectivity index (χ2v) is 5.72. The Balaban J connectivity index is 3.04. The molecule has 0 saturated heterocycles. The number of nitrogens with two attached hydrogens (primary N) is 1. The van der Waals surface area contributed by atoms with Crippen LogP contribution >= 0.6 is 11.6 Å². The van der Waals surface area contributed by atoms with Crippen molar-refractivity contribution in [3.63, 3.8) is 0 Å². The van der Waals surface area contributed by atoms with Crippen molar-refractivity contribution in [2.24, 2.45) is 5.73 Å². The Kier molecular flexibility index (Phi) is 3.88. The monoisotopic (exact) mass is 262 g/mol. The van der Waals surface area contributed by atoms with E-state index in [-0.39, 0.29) is 16.6 Å². The number of aryl methyl sites for hydroxylation is 1. The number of rotatable bonds is 4. The van der Waals surface area contributed by atoms with E-state index in [1.165, 1.54) is 12.1 Å².